The molecule has 0 aliphatic heterocycles. The molecule has 18 heavy (non-hydrogen) atoms. The second-order valence-corrected chi connectivity index (χ2v) is 5.84. The summed E-state index contributed by atoms with van der Waals surface area (Å²) in [6, 6.07) is 10.7. The maximum Gasteiger partial charge on any atom is 0.0118 e. The molecule has 1 heteroatoms. The number of allylic oxidation sites excluding steroid dienone is 2. The second kappa shape index (κ2) is 10.3. The van der Waals surface area contributed by atoms with Crippen LogP contribution in [0.1, 0.15) is 58.8 Å². The summed E-state index contributed by atoms with van der Waals surface area (Å²) < 4.78 is 0. The molecule has 0 saturated heterocycles. The Labute approximate surface area is 117 Å². The average molecular weight is 262 g/mol. The molecule has 0 heterocycles. The van der Waals surface area contributed by atoms with E-state index < -0.39 is 0 Å². The van der Waals surface area contributed by atoms with Gasteiger partial charge in [0.1, 0.15) is 0 Å². The molecule has 0 saturated carbocycles. The molecular weight excluding hydrogens is 236 g/mol. The van der Waals surface area contributed by atoms with Gasteiger partial charge in [-0.15, -0.1) is 0 Å². The van der Waals surface area contributed by atoms with Crippen molar-refractivity contribution in [3.63, 3.8) is 0 Å². The van der Waals surface area contributed by atoms with E-state index in [2.05, 4.69) is 50.3 Å². The van der Waals surface area contributed by atoms with E-state index in [9.17, 15) is 0 Å². The lowest BCUT2D eigenvalue weighted by molar-refractivity contribution is 0.637. The third kappa shape index (κ3) is 6.90. The third-order valence-corrected chi connectivity index (χ3v) is 4.25. The van der Waals surface area contributed by atoms with Crippen LogP contribution in [0.5, 0.6) is 0 Å². The van der Waals surface area contributed by atoms with Gasteiger partial charge in [-0.2, -0.15) is 0 Å². The van der Waals surface area contributed by atoms with E-state index in [4.69, 9.17) is 0 Å². The van der Waals surface area contributed by atoms with Crippen molar-refractivity contribution in [3.8, 4) is 0 Å². The van der Waals surface area contributed by atoms with Gasteiger partial charge in [-0.25, -0.2) is 0 Å². The van der Waals surface area contributed by atoms with Gasteiger partial charge < -0.3 is 0 Å². The molecule has 0 aliphatic rings. The van der Waals surface area contributed by atoms with E-state index >= 15 is 0 Å². The Balaban J connectivity index is 2.27. The van der Waals surface area contributed by atoms with E-state index in [0.717, 1.165) is 6.42 Å². The van der Waals surface area contributed by atoms with E-state index in [1.165, 1.54) is 48.3 Å². The van der Waals surface area contributed by atoms with Gasteiger partial charge >= 0.3 is 0 Å². The maximum absolute atomic E-state index is 2.43. The normalized spacial score (nSPS) is 11.8. The number of unbranched alkanes of at least 4 members (excludes halogenated alkanes) is 5. The zero-order chi connectivity index (χ0) is 13.1. The molecule has 0 aromatic heterocycles. The van der Waals surface area contributed by atoms with Crippen LogP contribution in [0, 0.1) is 0 Å². The lowest BCUT2D eigenvalue weighted by Crippen LogP contribution is -1.79. The summed E-state index contributed by atoms with van der Waals surface area (Å²) in [5.74, 6) is 0. The van der Waals surface area contributed by atoms with Crippen LogP contribution in [-0.4, -0.2) is 0 Å². The van der Waals surface area contributed by atoms with E-state index in [-0.39, 0.29) is 0 Å². The standard InChI is InChI=1S/C17H26S/c1-3-5-6-7-8-10-13-16(4-2)18-17-14-11-9-12-15-17/h9,11-15H,3-8,10H2,1-2H3/b16-13+. The van der Waals surface area contributed by atoms with Gasteiger partial charge in [-0.05, 0) is 36.3 Å². The molecule has 0 fully saturated rings. The van der Waals surface area contributed by atoms with Gasteiger partial charge in [0, 0.05) is 4.90 Å². The molecule has 0 nitrogen and oxygen atoms in total. The van der Waals surface area contributed by atoms with Crippen LogP contribution in [0.4, 0.5) is 0 Å². The molecule has 0 atom stereocenters. The molecule has 1 aromatic rings. The maximum atomic E-state index is 2.43. The smallest absolute Gasteiger partial charge is 0.0118 e. The Morgan fingerprint density at radius 3 is 2.39 bits per heavy atom. The third-order valence-electron chi connectivity index (χ3n) is 3.02. The van der Waals surface area contributed by atoms with Gasteiger partial charge in [-0.3, -0.25) is 0 Å². The largest absolute Gasteiger partial charge is 0.0949 e. The van der Waals surface area contributed by atoms with Crippen LogP contribution >= 0.6 is 11.8 Å². The Morgan fingerprint density at radius 2 is 1.72 bits per heavy atom. The van der Waals surface area contributed by atoms with E-state index in [1.807, 2.05) is 11.8 Å². The summed E-state index contributed by atoms with van der Waals surface area (Å²) >= 11 is 1.92. The van der Waals surface area contributed by atoms with Crippen LogP contribution in [0.15, 0.2) is 46.2 Å². The highest BCUT2D eigenvalue weighted by atomic mass is 32.2. The molecule has 0 radical (unpaired) electrons. The first-order valence-corrected chi connectivity index (χ1v) is 8.10. The van der Waals surface area contributed by atoms with E-state index in [0.29, 0.717) is 0 Å². The van der Waals surface area contributed by atoms with Gasteiger partial charge in [0.25, 0.3) is 0 Å². The lowest BCUT2D eigenvalue weighted by Gasteiger charge is -2.04. The van der Waals surface area contributed by atoms with Crippen LogP contribution < -0.4 is 0 Å². The van der Waals surface area contributed by atoms with Crippen molar-refractivity contribution < 1.29 is 0 Å². The van der Waals surface area contributed by atoms with Crippen LogP contribution in [-0.2, 0) is 0 Å². The Morgan fingerprint density at radius 1 is 1.00 bits per heavy atom. The van der Waals surface area contributed by atoms with Crippen LogP contribution in [0.3, 0.4) is 0 Å². The van der Waals surface area contributed by atoms with Gasteiger partial charge in [0.05, 0.1) is 0 Å². The second-order valence-electron chi connectivity index (χ2n) is 4.64. The summed E-state index contributed by atoms with van der Waals surface area (Å²) in [7, 11) is 0. The van der Waals surface area contributed by atoms with Crippen molar-refractivity contribution in [2.24, 2.45) is 0 Å². The monoisotopic (exact) mass is 262 g/mol. The summed E-state index contributed by atoms with van der Waals surface area (Å²) in [4.78, 5) is 2.87. The summed E-state index contributed by atoms with van der Waals surface area (Å²) in [6.07, 6.45) is 11.7. The molecule has 0 aliphatic carbocycles. The van der Waals surface area contributed by atoms with Gasteiger partial charge in [0.2, 0.25) is 0 Å². The molecule has 1 rings (SSSR count). The fourth-order valence-corrected chi connectivity index (χ4v) is 2.85. The topological polar surface area (TPSA) is 0 Å². The molecule has 0 unspecified atom stereocenters. The first kappa shape index (κ1) is 15.4. The lowest BCUT2D eigenvalue weighted by atomic mass is 10.1. The number of thioether (sulfide) groups is 1. The highest BCUT2D eigenvalue weighted by Gasteiger charge is 1.97. The molecule has 0 bridgehead atoms. The minimum Gasteiger partial charge on any atom is -0.0949 e. The highest BCUT2D eigenvalue weighted by Crippen LogP contribution is 2.28. The minimum atomic E-state index is 1.15. The fourth-order valence-electron chi connectivity index (χ4n) is 1.91. The van der Waals surface area contributed by atoms with Crippen molar-refractivity contribution in [2.45, 2.75) is 63.7 Å². The summed E-state index contributed by atoms with van der Waals surface area (Å²) in [6.45, 7) is 4.52. The predicted octanol–water partition coefficient (Wildman–Crippen LogP) is 6.43. The van der Waals surface area contributed by atoms with Crippen molar-refractivity contribution in [1.29, 1.82) is 0 Å². The Hall–Kier alpha value is -0.690. The molecule has 0 amide bonds. The van der Waals surface area contributed by atoms with Crippen LogP contribution in [0.25, 0.3) is 0 Å². The van der Waals surface area contributed by atoms with Gasteiger partial charge in [0.15, 0.2) is 0 Å². The minimum absolute atomic E-state index is 1.15. The Kier molecular flexibility index (Phi) is 8.75. The molecular formula is C17H26S. The molecule has 1 aromatic carbocycles. The van der Waals surface area contributed by atoms with Crippen LogP contribution in [0.2, 0.25) is 0 Å². The molecule has 100 valence electrons. The first-order chi connectivity index (χ1) is 8.86. The van der Waals surface area contributed by atoms with Crippen molar-refractivity contribution >= 4 is 11.8 Å². The summed E-state index contributed by atoms with van der Waals surface area (Å²) in [5, 5.41) is 0. The highest BCUT2D eigenvalue weighted by molar-refractivity contribution is 8.03. The molecule has 0 N–H and O–H groups in total. The van der Waals surface area contributed by atoms with E-state index in [1.54, 1.807) is 0 Å². The number of hydrogen-bond acceptors (Lipinski definition) is 1. The average Bonchev–Trinajstić information content (AvgIpc) is 2.42. The SMILES string of the molecule is CCCCCCC/C=C(\CC)Sc1ccccc1. The van der Waals surface area contributed by atoms with Gasteiger partial charge in [-0.1, -0.05) is 75.6 Å². The number of hydrogen-bond donors (Lipinski definition) is 0. The fraction of sp³-hybridized carbons (Fsp3) is 0.529. The van der Waals surface area contributed by atoms with Crippen molar-refractivity contribution in [3.05, 3.63) is 41.3 Å². The predicted molar refractivity (Wildman–Crippen MR) is 84.0 cm³/mol. The first-order valence-electron chi connectivity index (χ1n) is 7.28. The number of benzene rings is 1. The zero-order valence-electron chi connectivity index (χ0n) is 11.8. The quantitative estimate of drug-likeness (QED) is 0.365. The molecule has 0 spiro atoms. The summed E-state index contributed by atoms with van der Waals surface area (Å²) in [5.41, 5.74) is 0. The van der Waals surface area contributed by atoms with Crippen molar-refractivity contribution in [2.75, 3.05) is 0 Å². The number of rotatable bonds is 9. The van der Waals surface area contributed by atoms with Crippen molar-refractivity contribution in [1.82, 2.24) is 0 Å². The zero-order valence-corrected chi connectivity index (χ0v) is 12.6. The Bertz CT molecular complexity index is 327.